The lowest BCUT2D eigenvalue weighted by atomic mass is 10.2. The standard InChI is InChI=1S/C11H8F3NO3/c1-5(11(17)18)4-8(16)15-7-3-2-6(12)9(13)10(7)14/h2-4H,1H3,(H,15,16)(H,17,18)/b5-4+. The van der Waals surface area contributed by atoms with Crippen LogP contribution in [0.15, 0.2) is 23.8 Å². The van der Waals surface area contributed by atoms with Gasteiger partial charge in [0, 0.05) is 11.6 Å². The van der Waals surface area contributed by atoms with Crippen LogP contribution in [0, 0.1) is 17.5 Å². The van der Waals surface area contributed by atoms with Crippen LogP contribution in [-0.2, 0) is 9.59 Å². The molecule has 0 saturated carbocycles. The molecular formula is C11H8F3NO3. The first-order valence-electron chi connectivity index (χ1n) is 4.69. The average Bonchev–Trinajstić information content (AvgIpc) is 2.29. The van der Waals surface area contributed by atoms with E-state index >= 15 is 0 Å². The number of nitrogens with one attached hydrogen (secondary N) is 1. The number of hydrogen-bond acceptors (Lipinski definition) is 2. The van der Waals surface area contributed by atoms with Gasteiger partial charge in [-0.1, -0.05) is 0 Å². The van der Waals surface area contributed by atoms with Crippen LogP contribution in [0.1, 0.15) is 6.92 Å². The van der Waals surface area contributed by atoms with Gasteiger partial charge in [-0.2, -0.15) is 0 Å². The molecule has 0 aromatic heterocycles. The second-order valence-corrected chi connectivity index (χ2v) is 3.34. The molecule has 0 spiro atoms. The maximum Gasteiger partial charge on any atom is 0.331 e. The van der Waals surface area contributed by atoms with Crippen LogP contribution in [0.4, 0.5) is 18.9 Å². The summed E-state index contributed by atoms with van der Waals surface area (Å²) in [5, 5.41) is 10.4. The first-order chi connectivity index (χ1) is 8.32. The van der Waals surface area contributed by atoms with E-state index in [0.29, 0.717) is 12.1 Å². The Morgan fingerprint density at radius 2 is 1.83 bits per heavy atom. The lowest BCUT2D eigenvalue weighted by molar-refractivity contribution is -0.132. The van der Waals surface area contributed by atoms with E-state index in [2.05, 4.69) is 0 Å². The number of carboxylic acid groups (broad SMARTS) is 1. The van der Waals surface area contributed by atoms with E-state index < -0.39 is 35.0 Å². The molecule has 0 radical (unpaired) electrons. The first-order valence-corrected chi connectivity index (χ1v) is 4.69. The predicted molar refractivity (Wildman–Crippen MR) is 56.3 cm³/mol. The van der Waals surface area contributed by atoms with Crippen LogP contribution < -0.4 is 5.32 Å². The van der Waals surface area contributed by atoms with Crippen molar-refractivity contribution in [3.05, 3.63) is 41.2 Å². The number of aliphatic carboxylic acids is 1. The molecule has 7 heteroatoms. The minimum Gasteiger partial charge on any atom is -0.478 e. The number of anilines is 1. The third-order valence-corrected chi connectivity index (χ3v) is 1.98. The van der Waals surface area contributed by atoms with Crippen LogP contribution in [0.3, 0.4) is 0 Å². The number of rotatable bonds is 3. The number of carbonyl (C=O) groups is 2. The number of benzene rings is 1. The van der Waals surface area contributed by atoms with Crippen molar-refractivity contribution in [2.45, 2.75) is 6.92 Å². The van der Waals surface area contributed by atoms with Crippen molar-refractivity contribution in [1.29, 1.82) is 0 Å². The van der Waals surface area contributed by atoms with E-state index in [1.807, 2.05) is 5.32 Å². The molecule has 18 heavy (non-hydrogen) atoms. The molecule has 0 aliphatic carbocycles. The Kier molecular flexibility index (Phi) is 4.09. The molecule has 0 atom stereocenters. The van der Waals surface area contributed by atoms with Crippen LogP contribution in [-0.4, -0.2) is 17.0 Å². The summed E-state index contributed by atoms with van der Waals surface area (Å²) in [5.41, 5.74) is -0.858. The zero-order valence-electron chi connectivity index (χ0n) is 9.13. The summed E-state index contributed by atoms with van der Waals surface area (Å²) >= 11 is 0. The van der Waals surface area contributed by atoms with Gasteiger partial charge in [-0.3, -0.25) is 4.79 Å². The normalized spacial score (nSPS) is 11.2. The maximum absolute atomic E-state index is 13.2. The summed E-state index contributed by atoms with van der Waals surface area (Å²) in [6.07, 6.45) is 0.697. The van der Waals surface area contributed by atoms with E-state index in [1.165, 1.54) is 0 Å². The fourth-order valence-corrected chi connectivity index (χ4v) is 1.05. The number of carboxylic acids is 1. The van der Waals surface area contributed by atoms with Gasteiger partial charge < -0.3 is 10.4 Å². The van der Waals surface area contributed by atoms with Crippen molar-refractivity contribution in [1.82, 2.24) is 0 Å². The molecule has 0 unspecified atom stereocenters. The molecule has 0 saturated heterocycles. The van der Waals surface area contributed by atoms with Crippen molar-refractivity contribution in [3.63, 3.8) is 0 Å². The molecular weight excluding hydrogens is 251 g/mol. The third kappa shape index (κ3) is 3.09. The summed E-state index contributed by atoms with van der Waals surface area (Å²) < 4.78 is 38.6. The lowest BCUT2D eigenvalue weighted by Gasteiger charge is -2.05. The quantitative estimate of drug-likeness (QED) is 0.645. The third-order valence-electron chi connectivity index (χ3n) is 1.98. The molecule has 2 N–H and O–H groups in total. The van der Waals surface area contributed by atoms with Crippen molar-refractivity contribution >= 4 is 17.6 Å². The highest BCUT2D eigenvalue weighted by molar-refractivity contribution is 6.04. The van der Waals surface area contributed by atoms with Crippen molar-refractivity contribution < 1.29 is 27.9 Å². The molecule has 0 bridgehead atoms. The fraction of sp³-hybridized carbons (Fsp3) is 0.0909. The Morgan fingerprint density at radius 3 is 2.39 bits per heavy atom. The Bertz CT molecular complexity index is 541. The number of carbonyl (C=O) groups excluding carboxylic acids is 1. The Morgan fingerprint density at radius 1 is 1.22 bits per heavy atom. The molecule has 0 aliphatic rings. The summed E-state index contributed by atoms with van der Waals surface area (Å²) in [7, 11) is 0. The van der Waals surface area contributed by atoms with Crippen molar-refractivity contribution in [2.24, 2.45) is 0 Å². The van der Waals surface area contributed by atoms with E-state index in [9.17, 15) is 22.8 Å². The molecule has 1 rings (SSSR count). The fourth-order valence-electron chi connectivity index (χ4n) is 1.05. The number of halogens is 3. The molecule has 4 nitrogen and oxygen atoms in total. The Hall–Kier alpha value is -2.31. The van der Waals surface area contributed by atoms with Gasteiger partial charge in [0.15, 0.2) is 17.5 Å². The smallest absolute Gasteiger partial charge is 0.331 e. The van der Waals surface area contributed by atoms with Crippen LogP contribution in [0.5, 0.6) is 0 Å². The first kappa shape index (κ1) is 13.8. The van der Waals surface area contributed by atoms with Crippen LogP contribution in [0.2, 0.25) is 0 Å². The zero-order chi connectivity index (χ0) is 13.9. The Balaban J connectivity index is 2.93. The lowest BCUT2D eigenvalue weighted by Crippen LogP contribution is -2.12. The molecule has 0 heterocycles. The number of amides is 1. The summed E-state index contributed by atoms with van der Waals surface area (Å²) in [5.74, 6) is -6.94. The Labute approximate surface area is 99.7 Å². The number of hydrogen-bond donors (Lipinski definition) is 2. The van der Waals surface area contributed by atoms with Gasteiger partial charge >= 0.3 is 5.97 Å². The largest absolute Gasteiger partial charge is 0.478 e. The van der Waals surface area contributed by atoms with E-state index in [4.69, 9.17) is 5.11 Å². The van der Waals surface area contributed by atoms with E-state index in [-0.39, 0.29) is 5.57 Å². The topological polar surface area (TPSA) is 66.4 Å². The highest BCUT2D eigenvalue weighted by atomic mass is 19.2. The highest BCUT2D eigenvalue weighted by Crippen LogP contribution is 2.19. The summed E-state index contributed by atoms with van der Waals surface area (Å²) in [6, 6.07) is 1.47. The van der Waals surface area contributed by atoms with Gasteiger partial charge in [0.05, 0.1) is 5.69 Å². The van der Waals surface area contributed by atoms with Gasteiger partial charge in [-0.25, -0.2) is 18.0 Å². The monoisotopic (exact) mass is 259 g/mol. The van der Waals surface area contributed by atoms with E-state index in [1.54, 1.807) is 0 Å². The average molecular weight is 259 g/mol. The van der Waals surface area contributed by atoms with Gasteiger partial charge in [-0.15, -0.1) is 0 Å². The van der Waals surface area contributed by atoms with Gasteiger partial charge in [0.1, 0.15) is 0 Å². The summed E-state index contributed by atoms with van der Waals surface area (Å²) in [6.45, 7) is 1.16. The second-order valence-electron chi connectivity index (χ2n) is 3.34. The molecule has 1 aromatic rings. The maximum atomic E-state index is 13.2. The minimum absolute atomic E-state index is 0.282. The highest BCUT2D eigenvalue weighted by Gasteiger charge is 2.14. The summed E-state index contributed by atoms with van der Waals surface area (Å²) in [4.78, 5) is 21.7. The SMILES string of the molecule is C/C(=C\C(=O)Nc1ccc(F)c(F)c1F)C(=O)O. The molecule has 96 valence electrons. The molecule has 0 aliphatic heterocycles. The molecule has 1 amide bonds. The van der Waals surface area contributed by atoms with Gasteiger partial charge in [0.25, 0.3) is 0 Å². The molecule has 0 fully saturated rings. The van der Waals surface area contributed by atoms with Gasteiger partial charge in [0.2, 0.25) is 5.91 Å². The zero-order valence-corrected chi connectivity index (χ0v) is 9.13. The molecule has 1 aromatic carbocycles. The van der Waals surface area contributed by atoms with E-state index in [0.717, 1.165) is 13.0 Å². The minimum atomic E-state index is -1.72. The van der Waals surface area contributed by atoms with Crippen molar-refractivity contribution in [3.8, 4) is 0 Å². The van der Waals surface area contributed by atoms with Crippen LogP contribution >= 0.6 is 0 Å². The van der Waals surface area contributed by atoms with Crippen LogP contribution in [0.25, 0.3) is 0 Å². The second kappa shape index (κ2) is 5.35. The predicted octanol–water partition coefficient (Wildman–Crippen LogP) is 2.07. The van der Waals surface area contributed by atoms with Crippen molar-refractivity contribution in [2.75, 3.05) is 5.32 Å². The van der Waals surface area contributed by atoms with Gasteiger partial charge in [-0.05, 0) is 19.1 Å².